The van der Waals surface area contributed by atoms with Gasteiger partial charge in [0.2, 0.25) is 0 Å². The van der Waals surface area contributed by atoms with Crippen molar-refractivity contribution in [3.8, 4) is 5.75 Å². The SMILES string of the molecule is NCc1ccc(COc2ccc(F)cc2F)nc1. The molecular weight excluding hydrogens is 238 g/mol. The molecule has 0 bridgehead atoms. The second kappa shape index (κ2) is 5.55. The molecular formula is C13H12F2N2O. The topological polar surface area (TPSA) is 48.1 Å². The van der Waals surface area contributed by atoms with Crippen LogP contribution in [0.4, 0.5) is 8.78 Å². The molecule has 1 aromatic heterocycles. The molecule has 0 spiro atoms. The van der Waals surface area contributed by atoms with Gasteiger partial charge in [0.25, 0.3) is 0 Å². The Labute approximate surface area is 103 Å². The molecule has 0 saturated carbocycles. The number of halogens is 2. The van der Waals surface area contributed by atoms with E-state index in [1.54, 1.807) is 12.3 Å². The van der Waals surface area contributed by atoms with Crippen LogP contribution >= 0.6 is 0 Å². The highest BCUT2D eigenvalue weighted by Crippen LogP contribution is 2.18. The molecule has 1 aromatic carbocycles. The van der Waals surface area contributed by atoms with Crippen molar-refractivity contribution in [2.45, 2.75) is 13.2 Å². The largest absolute Gasteiger partial charge is 0.484 e. The van der Waals surface area contributed by atoms with E-state index < -0.39 is 11.6 Å². The minimum atomic E-state index is -0.728. The van der Waals surface area contributed by atoms with Crippen LogP contribution in [-0.4, -0.2) is 4.98 Å². The van der Waals surface area contributed by atoms with Crippen LogP contribution in [0, 0.1) is 11.6 Å². The fraction of sp³-hybridized carbons (Fsp3) is 0.154. The van der Waals surface area contributed by atoms with Crippen molar-refractivity contribution in [3.63, 3.8) is 0 Å². The molecule has 5 heteroatoms. The van der Waals surface area contributed by atoms with E-state index in [1.807, 2.05) is 6.07 Å². The molecule has 0 atom stereocenters. The van der Waals surface area contributed by atoms with Crippen molar-refractivity contribution in [3.05, 3.63) is 59.4 Å². The average molecular weight is 250 g/mol. The predicted molar refractivity (Wildman–Crippen MR) is 62.8 cm³/mol. The first-order chi connectivity index (χ1) is 8.69. The number of rotatable bonds is 4. The van der Waals surface area contributed by atoms with E-state index in [4.69, 9.17) is 10.5 Å². The standard InChI is InChI=1S/C13H12F2N2O/c14-10-2-4-13(12(15)5-10)18-8-11-3-1-9(6-16)7-17-11/h1-5,7H,6,8,16H2. The second-order valence-electron chi connectivity index (χ2n) is 3.73. The van der Waals surface area contributed by atoms with Gasteiger partial charge in [-0.05, 0) is 23.8 Å². The summed E-state index contributed by atoms with van der Waals surface area (Å²) < 4.78 is 31.2. The normalized spacial score (nSPS) is 10.4. The molecule has 94 valence electrons. The number of nitrogens with zero attached hydrogens (tertiary/aromatic N) is 1. The van der Waals surface area contributed by atoms with Gasteiger partial charge in [-0.3, -0.25) is 4.98 Å². The fourth-order valence-corrected chi connectivity index (χ4v) is 1.41. The van der Waals surface area contributed by atoms with Crippen LogP contribution < -0.4 is 10.5 Å². The summed E-state index contributed by atoms with van der Waals surface area (Å²) in [5, 5.41) is 0. The molecule has 18 heavy (non-hydrogen) atoms. The Hall–Kier alpha value is -2.01. The van der Waals surface area contributed by atoms with Crippen molar-refractivity contribution < 1.29 is 13.5 Å². The van der Waals surface area contributed by atoms with Crippen LogP contribution in [0.2, 0.25) is 0 Å². The highest BCUT2D eigenvalue weighted by molar-refractivity contribution is 5.25. The van der Waals surface area contributed by atoms with Crippen molar-refractivity contribution in [1.82, 2.24) is 4.98 Å². The molecule has 0 saturated heterocycles. The number of aromatic nitrogens is 1. The van der Waals surface area contributed by atoms with Gasteiger partial charge in [-0.25, -0.2) is 8.78 Å². The van der Waals surface area contributed by atoms with E-state index >= 15 is 0 Å². The van der Waals surface area contributed by atoms with Gasteiger partial charge in [0.15, 0.2) is 11.6 Å². The zero-order chi connectivity index (χ0) is 13.0. The number of pyridine rings is 1. The minimum Gasteiger partial charge on any atom is -0.484 e. The first-order valence-electron chi connectivity index (χ1n) is 5.41. The summed E-state index contributed by atoms with van der Waals surface area (Å²) in [4.78, 5) is 4.11. The summed E-state index contributed by atoms with van der Waals surface area (Å²) >= 11 is 0. The third kappa shape index (κ3) is 3.01. The van der Waals surface area contributed by atoms with Gasteiger partial charge in [-0.1, -0.05) is 6.07 Å². The van der Waals surface area contributed by atoms with E-state index in [2.05, 4.69) is 4.98 Å². The summed E-state index contributed by atoms with van der Waals surface area (Å²) in [5.74, 6) is -1.36. The molecule has 0 unspecified atom stereocenters. The van der Waals surface area contributed by atoms with Gasteiger partial charge < -0.3 is 10.5 Å². The zero-order valence-corrected chi connectivity index (χ0v) is 9.57. The van der Waals surface area contributed by atoms with Gasteiger partial charge in [0.1, 0.15) is 12.4 Å². The number of hydrogen-bond donors (Lipinski definition) is 1. The van der Waals surface area contributed by atoms with Crippen LogP contribution in [0.5, 0.6) is 5.75 Å². The highest BCUT2D eigenvalue weighted by Gasteiger charge is 2.05. The second-order valence-corrected chi connectivity index (χ2v) is 3.73. The maximum Gasteiger partial charge on any atom is 0.167 e. The smallest absolute Gasteiger partial charge is 0.167 e. The average Bonchev–Trinajstić information content (AvgIpc) is 2.38. The Balaban J connectivity index is 2.02. The molecule has 0 aliphatic heterocycles. The lowest BCUT2D eigenvalue weighted by molar-refractivity contribution is 0.285. The quantitative estimate of drug-likeness (QED) is 0.906. The van der Waals surface area contributed by atoms with Crippen LogP contribution in [0.1, 0.15) is 11.3 Å². The first kappa shape index (κ1) is 12.4. The summed E-state index contributed by atoms with van der Waals surface area (Å²) in [5.41, 5.74) is 7.00. The van der Waals surface area contributed by atoms with E-state index in [1.165, 1.54) is 6.07 Å². The number of nitrogens with two attached hydrogens (primary N) is 1. The Morgan fingerprint density at radius 1 is 1.17 bits per heavy atom. The molecule has 0 aliphatic carbocycles. The lowest BCUT2D eigenvalue weighted by atomic mass is 10.2. The maximum absolute atomic E-state index is 13.3. The molecule has 0 radical (unpaired) electrons. The van der Waals surface area contributed by atoms with Crippen LogP contribution in [0.3, 0.4) is 0 Å². The third-order valence-corrected chi connectivity index (χ3v) is 2.39. The minimum absolute atomic E-state index is 0.00102. The van der Waals surface area contributed by atoms with Crippen LogP contribution in [0.15, 0.2) is 36.5 Å². The van der Waals surface area contributed by atoms with Gasteiger partial charge in [0.05, 0.1) is 5.69 Å². The Morgan fingerprint density at radius 3 is 2.61 bits per heavy atom. The van der Waals surface area contributed by atoms with Crippen LogP contribution in [0.25, 0.3) is 0 Å². The summed E-state index contributed by atoms with van der Waals surface area (Å²) in [6, 6.07) is 6.75. The molecule has 0 fully saturated rings. The van der Waals surface area contributed by atoms with Crippen molar-refractivity contribution in [1.29, 1.82) is 0 Å². The van der Waals surface area contributed by atoms with E-state index in [9.17, 15) is 8.78 Å². The molecule has 1 heterocycles. The number of hydrogen-bond acceptors (Lipinski definition) is 3. The number of ether oxygens (including phenoxy) is 1. The molecule has 2 N–H and O–H groups in total. The lowest BCUT2D eigenvalue weighted by Gasteiger charge is -2.07. The van der Waals surface area contributed by atoms with E-state index in [-0.39, 0.29) is 12.4 Å². The monoisotopic (exact) mass is 250 g/mol. The molecule has 3 nitrogen and oxygen atoms in total. The lowest BCUT2D eigenvalue weighted by Crippen LogP contribution is -2.02. The van der Waals surface area contributed by atoms with Gasteiger partial charge >= 0.3 is 0 Å². The fourth-order valence-electron chi connectivity index (χ4n) is 1.41. The van der Waals surface area contributed by atoms with E-state index in [0.29, 0.717) is 12.2 Å². The Morgan fingerprint density at radius 2 is 2.00 bits per heavy atom. The van der Waals surface area contributed by atoms with Gasteiger partial charge in [0, 0.05) is 18.8 Å². The van der Waals surface area contributed by atoms with Gasteiger partial charge in [-0.2, -0.15) is 0 Å². The number of benzene rings is 1. The summed E-state index contributed by atoms with van der Waals surface area (Å²) in [7, 11) is 0. The highest BCUT2D eigenvalue weighted by atomic mass is 19.1. The molecule has 0 aliphatic rings. The molecule has 2 rings (SSSR count). The van der Waals surface area contributed by atoms with Crippen LogP contribution in [-0.2, 0) is 13.2 Å². The van der Waals surface area contributed by atoms with Crippen molar-refractivity contribution >= 4 is 0 Å². The van der Waals surface area contributed by atoms with Crippen molar-refractivity contribution in [2.75, 3.05) is 0 Å². The maximum atomic E-state index is 13.3. The third-order valence-electron chi connectivity index (χ3n) is 2.39. The predicted octanol–water partition coefficient (Wildman–Crippen LogP) is 2.40. The Kier molecular flexibility index (Phi) is 3.84. The summed E-state index contributed by atoms with van der Waals surface area (Å²) in [6.07, 6.45) is 1.64. The summed E-state index contributed by atoms with van der Waals surface area (Å²) in [6.45, 7) is 0.536. The van der Waals surface area contributed by atoms with E-state index in [0.717, 1.165) is 17.7 Å². The zero-order valence-electron chi connectivity index (χ0n) is 9.57. The first-order valence-corrected chi connectivity index (χ1v) is 5.41. The van der Waals surface area contributed by atoms with Crippen molar-refractivity contribution in [2.24, 2.45) is 5.73 Å². The molecule has 0 amide bonds. The Bertz CT molecular complexity index is 529. The molecule has 2 aromatic rings. The van der Waals surface area contributed by atoms with Gasteiger partial charge in [-0.15, -0.1) is 0 Å².